The number of amides is 3. The molecule has 6 heteroatoms. The first kappa shape index (κ1) is 11.5. The molecule has 4 nitrogen and oxygen atoms in total. The molecule has 3 amide bonds. The summed E-state index contributed by atoms with van der Waals surface area (Å²) in [5, 5.41) is 4.30. The molecule has 0 saturated carbocycles. The monoisotopic (exact) mass is 216 g/mol. The van der Waals surface area contributed by atoms with Gasteiger partial charge >= 0.3 is 6.03 Å². The smallest absolute Gasteiger partial charge is 0.321 e. The van der Waals surface area contributed by atoms with Crippen LogP contribution in [0.15, 0.2) is 0 Å². The first-order chi connectivity index (χ1) is 3.29. The van der Waals surface area contributed by atoms with Crippen LogP contribution in [-0.4, -0.2) is 18.5 Å². The Labute approximate surface area is 68.6 Å². The average Bonchev–Trinajstić information content (AvgIpc) is 1.87. The number of hydrogen-bond acceptors (Lipinski definition) is 2. The van der Waals surface area contributed by atoms with Crippen molar-refractivity contribution in [2.24, 2.45) is 0 Å². The summed E-state index contributed by atoms with van der Waals surface area (Å²) in [6, 6.07) is -0.398. The van der Waals surface area contributed by atoms with E-state index in [1.54, 1.807) is 0 Å². The van der Waals surface area contributed by atoms with Crippen LogP contribution < -0.4 is 10.6 Å². The van der Waals surface area contributed by atoms with Crippen LogP contribution in [0.1, 0.15) is 0 Å². The second-order valence-corrected chi connectivity index (χ2v) is 1.23. The third-order valence-electron chi connectivity index (χ3n) is 0.662. The second kappa shape index (κ2) is 4.58. The molecule has 1 saturated heterocycles. The Balaban J connectivity index is 0. The average molecular weight is 217 g/mol. The zero-order valence-corrected chi connectivity index (χ0v) is 6.87. The first-order valence-electron chi connectivity index (χ1n) is 1.87. The minimum atomic E-state index is -0.398. The lowest BCUT2D eigenvalue weighted by Gasteiger charge is -1.78. The van der Waals surface area contributed by atoms with Gasteiger partial charge in [-0.3, -0.25) is 10.1 Å². The molecule has 0 spiro atoms. The third-order valence-corrected chi connectivity index (χ3v) is 0.662. The van der Waals surface area contributed by atoms with Crippen molar-refractivity contribution in [1.29, 1.82) is 0 Å². The highest BCUT2D eigenvalue weighted by molar-refractivity contribution is 8.93. The minimum absolute atomic E-state index is 0. The SMILES string of the molecule is Br.Cl.O=C1CNC(=O)N1. The number of hydrogen-bond donors (Lipinski definition) is 2. The van der Waals surface area contributed by atoms with Gasteiger partial charge in [0.1, 0.15) is 0 Å². The van der Waals surface area contributed by atoms with Crippen LogP contribution in [0, 0.1) is 0 Å². The zero-order chi connectivity index (χ0) is 5.28. The molecule has 0 aromatic rings. The van der Waals surface area contributed by atoms with E-state index in [1.807, 2.05) is 5.32 Å². The van der Waals surface area contributed by atoms with E-state index in [0.717, 1.165) is 0 Å². The lowest BCUT2D eigenvalue weighted by Crippen LogP contribution is -2.22. The fourth-order valence-electron chi connectivity index (χ4n) is 0.376. The number of rotatable bonds is 0. The van der Waals surface area contributed by atoms with E-state index in [1.165, 1.54) is 0 Å². The largest absolute Gasteiger partial charge is 0.329 e. The summed E-state index contributed by atoms with van der Waals surface area (Å²) in [6.45, 7) is 0.124. The number of urea groups is 1. The van der Waals surface area contributed by atoms with Gasteiger partial charge in [-0.25, -0.2) is 4.79 Å². The maximum Gasteiger partial charge on any atom is 0.321 e. The van der Waals surface area contributed by atoms with Gasteiger partial charge in [-0.2, -0.15) is 0 Å². The van der Waals surface area contributed by atoms with Gasteiger partial charge in [-0.1, -0.05) is 0 Å². The van der Waals surface area contributed by atoms with Crippen molar-refractivity contribution in [2.75, 3.05) is 6.54 Å². The van der Waals surface area contributed by atoms with Gasteiger partial charge < -0.3 is 5.32 Å². The van der Waals surface area contributed by atoms with Gasteiger partial charge in [0, 0.05) is 0 Å². The van der Waals surface area contributed by atoms with Gasteiger partial charge in [0.25, 0.3) is 0 Å². The summed E-state index contributed by atoms with van der Waals surface area (Å²) in [7, 11) is 0. The van der Waals surface area contributed by atoms with Crippen LogP contribution in [-0.2, 0) is 4.79 Å². The van der Waals surface area contributed by atoms with Crippen molar-refractivity contribution in [3.63, 3.8) is 0 Å². The molecule has 1 aliphatic rings. The molecule has 2 N–H and O–H groups in total. The third kappa shape index (κ3) is 3.31. The molecule has 54 valence electrons. The maximum atomic E-state index is 10.1. The quantitative estimate of drug-likeness (QED) is 0.553. The van der Waals surface area contributed by atoms with Crippen molar-refractivity contribution in [2.45, 2.75) is 0 Å². The highest BCUT2D eigenvalue weighted by Gasteiger charge is 2.14. The Hall–Kier alpha value is -0.290. The van der Waals surface area contributed by atoms with Crippen LogP contribution in [0.25, 0.3) is 0 Å². The molecule has 0 bridgehead atoms. The molecular weight excluding hydrogens is 211 g/mol. The molecule has 0 aromatic heterocycles. The van der Waals surface area contributed by atoms with E-state index < -0.39 is 6.03 Å². The van der Waals surface area contributed by atoms with Crippen molar-refractivity contribution in [3.8, 4) is 0 Å². The number of imide groups is 1. The molecule has 1 aliphatic heterocycles. The predicted molar refractivity (Wildman–Crippen MR) is 39.1 cm³/mol. The van der Waals surface area contributed by atoms with Gasteiger partial charge in [-0.15, -0.1) is 29.4 Å². The highest BCUT2D eigenvalue weighted by Crippen LogP contribution is 1.73. The number of carbonyl (C=O) groups is 2. The Morgan fingerprint density at radius 3 is 2.00 bits per heavy atom. The number of carbonyl (C=O) groups excluding carboxylic acids is 2. The fourth-order valence-corrected chi connectivity index (χ4v) is 0.376. The topological polar surface area (TPSA) is 58.2 Å². The van der Waals surface area contributed by atoms with E-state index >= 15 is 0 Å². The first-order valence-corrected chi connectivity index (χ1v) is 1.87. The Bertz CT molecular complexity index is 115. The van der Waals surface area contributed by atoms with Gasteiger partial charge in [0.05, 0.1) is 6.54 Å². The predicted octanol–water partition coefficient (Wildman–Crippen LogP) is -0.175. The molecule has 0 unspecified atom stereocenters. The molecular formula is C3H6BrClN2O2. The van der Waals surface area contributed by atoms with Gasteiger partial charge in [0.15, 0.2) is 0 Å². The Morgan fingerprint density at radius 1 is 1.33 bits per heavy atom. The standard InChI is InChI=1S/C3H4N2O2.BrH.ClH/c6-2-1-4-3(7)5-2;;/h1H2,(H2,4,5,6,7);2*1H. The zero-order valence-electron chi connectivity index (χ0n) is 4.34. The molecule has 1 rings (SSSR count). The Kier molecular flexibility index (Phi) is 5.85. The van der Waals surface area contributed by atoms with Gasteiger partial charge in [-0.05, 0) is 0 Å². The lowest BCUT2D eigenvalue weighted by atomic mass is 10.7. The Morgan fingerprint density at radius 2 is 1.89 bits per heavy atom. The molecule has 9 heavy (non-hydrogen) atoms. The highest BCUT2D eigenvalue weighted by atomic mass is 79.9. The van der Waals surface area contributed by atoms with Crippen LogP contribution in [0.5, 0.6) is 0 Å². The molecule has 0 aliphatic carbocycles. The van der Waals surface area contributed by atoms with Gasteiger partial charge in [0.2, 0.25) is 5.91 Å². The molecule has 0 atom stereocenters. The summed E-state index contributed by atoms with van der Waals surface area (Å²) in [5.74, 6) is -0.259. The number of nitrogens with one attached hydrogen (secondary N) is 2. The van der Waals surface area contributed by atoms with E-state index in [-0.39, 0.29) is 41.8 Å². The van der Waals surface area contributed by atoms with Crippen LogP contribution in [0.4, 0.5) is 4.79 Å². The summed E-state index contributed by atoms with van der Waals surface area (Å²) in [5.41, 5.74) is 0. The molecule has 1 fully saturated rings. The van der Waals surface area contributed by atoms with E-state index in [0.29, 0.717) is 0 Å². The fraction of sp³-hybridized carbons (Fsp3) is 0.333. The van der Waals surface area contributed by atoms with Crippen molar-refractivity contribution in [3.05, 3.63) is 0 Å². The number of halogens is 2. The van der Waals surface area contributed by atoms with Crippen molar-refractivity contribution >= 4 is 41.3 Å². The lowest BCUT2D eigenvalue weighted by molar-refractivity contribution is -0.117. The van der Waals surface area contributed by atoms with E-state index in [4.69, 9.17) is 0 Å². The summed E-state index contributed by atoms with van der Waals surface area (Å²) in [6.07, 6.45) is 0. The van der Waals surface area contributed by atoms with Crippen molar-refractivity contribution < 1.29 is 9.59 Å². The second-order valence-electron chi connectivity index (χ2n) is 1.23. The normalized spacial score (nSPS) is 14.7. The minimum Gasteiger partial charge on any atom is -0.329 e. The van der Waals surface area contributed by atoms with Crippen LogP contribution >= 0.6 is 29.4 Å². The summed E-state index contributed by atoms with van der Waals surface area (Å²) in [4.78, 5) is 20.1. The molecule has 1 heterocycles. The maximum absolute atomic E-state index is 10.1. The van der Waals surface area contributed by atoms with Crippen LogP contribution in [0.2, 0.25) is 0 Å². The van der Waals surface area contributed by atoms with E-state index in [2.05, 4.69) is 5.32 Å². The molecule has 0 radical (unpaired) electrons. The van der Waals surface area contributed by atoms with E-state index in [9.17, 15) is 9.59 Å². The van der Waals surface area contributed by atoms with Crippen LogP contribution in [0.3, 0.4) is 0 Å². The molecule has 0 aromatic carbocycles. The summed E-state index contributed by atoms with van der Waals surface area (Å²) < 4.78 is 0. The summed E-state index contributed by atoms with van der Waals surface area (Å²) >= 11 is 0. The van der Waals surface area contributed by atoms with Crippen molar-refractivity contribution in [1.82, 2.24) is 10.6 Å².